The third-order valence-electron chi connectivity index (χ3n) is 3.62. The molecule has 1 aliphatic heterocycles. The van der Waals surface area contributed by atoms with Crippen LogP contribution < -0.4 is 10.1 Å². The van der Waals surface area contributed by atoms with Crippen molar-refractivity contribution in [2.45, 2.75) is 25.5 Å². The van der Waals surface area contributed by atoms with Crippen molar-refractivity contribution in [1.82, 2.24) is 5.32 Å². The molecular formula is C15H18FNO6S. The average Bonchev–Trinajstić information content (AvgIpc) is 2.85. The summed E-state index contributed by atoms with van der Waals surface area (Å²) in [5, 5.41) is 2.53. The van der Waals surface area contributed by atoms with Gasteiger partial charge in [-0.3, -0.25) is 4.79 Å². The first-order valence-electron chi connectivity index (χ1n) is 7.27. The van der Waals surface area contributed by atoms with Crippen LogP contribution in [0.15, 0.2) is 18.2 Å². The highest BCUT2D eigenvalue weighted by Gasteiger charge is 2.30. The molecule has 9 heteroatoms. The third kappa shape index (κ3) is 4.44. The van der Waals surface area contributed by atoms with E-state index in [0.717, 1.165) is 6.07 Å². The molecule has 1 saturated heterocycles. The number of methoxy groups -OCH3 is 1. The minimum atomic E-state index is -3.12. The number of hydrogen-bond donors (Lipinski definition) is 1. The Morgan fingerprint density at radius 2 is 2.08 bits per heavy atom. The first-order valence-corrected chi connectivity index (χ1v) is 9.09. The molecule has 1 aromatic carbocycles. The fraction of sp³-hybridized carbons (Fsp3) is 0.467. The lowest BCUT2D eigenvalue weighted by molar-refractivity contribution is -0.129. The molecule has 0 radical (unpaired) electrons. The van der Waals surface area contributed by atoms with Crippen LogP contribution in [0.1, 0.15) is 23.7 Å². The topological polar surface area (TPSA) is 98.8 Å². The zero-order valence-electron chi connectivity index (χ0n) is 13.2. The first-order chi connectivity index (χ1) is 11.2. The molecule has 1 aromatic rings. The number of ether oxygens (including phenoxy) is 2. The Labute approximate surface area is 139 Å². The number of carbonyl (C=O) groups excluding carboxylic acids is 2. The number of esters is 1. The number of hydrogen-bond acceptors (Lipinski definition) is 6. The van der Waals surface area contributed by atoms with Gasteiger partial charge in [-0.2, -0.15) is 0 Å². The van der Waals surface area contributed by atoms with Gasteiger partial charge in [-0.15, -0.1) is 0 Å². The Balaban J connectivity index is 1.93. The Hall–Kier alpha value is -2.16. The van der Waals surface area contributed by atoms with E-state index in [4.69, 9.17) is 9.47 Å². The summed E-state index contributed by atoms with van der Waals surface area (Å²) >= 11 is 0. The Morgan fingerprint density at radius 1 is 1.38 bits per heavy atom. The van der Waals surface area contributed by atoms with Crippen LogP contribution in [0.3, 0.4) is 0 Å². The monoisotopic (exact) mass is 359 g/mol. The Bertz CT molecular complexity index is 748. The van der Waals surface area contributed by atoms with Crippen LogP contribution in [0.25, 0.3) is 0 Å². The fourth-order valence-electron chi connectivity index (χ4n) is 2.30. The highest BCUT2D eigenvalue weighted by atomic mass is 32.2. The van der Waals surface area contributed by atoms with Crippen LogP contribution >= 0.6 is 0 Å². The molecule has 0 aromatic heterocycles. The van der Waals surface area contributed by atoms with E-state index in [2.05, 4.69) is 5.32 Å². The molecule has 2 atom stereocenters. The molecule has 0 spiro atoms. The van der Waals surface area contributed by atoms with Gasteiger partial charge < -0.3 is 14.8 Å². The first kappa shape index (κ1) is 18.2. The fourth-order valence-corrected chi connectivity index (χ4v) is 3.98. The average molecular weight is 359 g/mol. The predicted octanol–water partition coefficient (Wildman–Crippen LogP) is 0.683. The van der Waals surface area contributed by atoms with Gasteiger partial charge in [0.25, 0.3) is 5.91 Å². The van der Waals surface area contributed by atoms with Crippen LogP contribution in [-0.2, 0) is 19.4 Å². The molecule has 1 N–H and O–H groups in total. The van der Waals surface area contributed by atoms with Crippen LogP contribution in [-0.4, -0.2) is 51.1 Å². The van der Waals surface area contributed by atoms with Crippen molar-refractivity contribution in [3.8, 4) is 5.75 Å². The smallest absolute Gasteiger partial charge is 0.339 e. The highest BCUT2D eigenvalue weighted by molar-refractivity contribution is 7.91. The molecule has 1 aliphatic rings. The van der Waals surface area contributed by atoms with Crippen molar-refractivity contribution in [3.63, 3.8) is 0 Å². The number of carbonyl (C=O) groups is 2. The van der Waals surface area contributed by atoms with E-state index in [-0.39, 0.29) is 22.8 Å². The van der Waals surface area contributed by atoms with Gasteiger partial charge in [0.15, 0.2) is 27.5 Å². The maximum absolute atomic E-state index is 13.6. The van der Waals surface area contributed by atoms with E-state index < -0.39 is 39.7 Å². The van der Waals surface area contributed by atoms with Gasteiger partial charge in [0, 0.05) is 6.04 Å². The number of sulfone groups is 1. The molecule has 1 heterocycles. The summed E-state index contributed by atoms with van der Waals surface area (Å²) in [5.41, 5.74) is -0.0589. The Kier molecular flexibility index (Phi) is 5.43. The summed E-state index contributed by atoms with van der Waals surface area (Å²) < 4.78 is 46.0. The van der Waals surface area contributed by atoms with Crippen LogP contribution in [0.4, 0.5) is 4.39 Å². The maximum Gasteiger partial charge on any atom is 0.339 e. The molecule has 132 valence electrons. The largest absolute Gasteiger partial charge is 0.494 e. The highest BCUT2D eigenvalue weighted by Crippen LogP contribution is 2.18. The number of benzene rings is 1. The van der Waals surface area contributed by atoms with E-state index in [9.17, 15) is 22.4 Å². The lowest BCUT2D eigenvalue weighted by atomic mass is 10.2. The van der Waals surface area contributed by atoms with E-state index in [1.807, 2.05) is 0 Å². The van der Waals surface area contributed by atoms with Gasteiger partial charge in [-0.1, -0.05) is 0 Å². The van der Waals surface area contributed by atoms with Gasteiger partial charge in [0.05, 0.1) is 24.2 Å². The molecule has 0 aliphatic carbocycles. The number of halogens is 1. The zero-order valence-corrected chi connectivity index (χ0v) is 14.1. The van der Waals surface area contributed by atoms with Gasteiger partial charge in [0.1, 0.15) is 0 Å². The zero-order chi connectivity index (χ0) is 17.9. The SMILES string of the molecule is COc1ccc(C(=O)O[C@H](C)C(=O)N[C@H]2CCS(=O)(=O)C2)cc1F. The lowest BCUT2D eigenvalue weighted by Gasteiger charge is -2.16. The second-order valence-corrected chi connectivity index (χ2v) is 7.73. The lowest BCUT2D eigenvalue weighted by Crippen LogP contribution is -2.42. The molecule has 24 heavy (non-hydrogen) atoms. The van der Waals surface area contributed by atoms with E-state index >= 15 is 0 Å². The van der Waals surface area contributed by atoms with Crippen molar-refractivity contribution in [2.75, 3.05) is 18.6 Å². The summed E-state index contributed by atoms with van der Waals surface area (Å²) in [6, 6.07) is 3.07. The molecule has 2 rings (SSSR count). The quantitative estimate of drug-likeness (QED) is 0.777. The van der Waals surface area contributed by atoms with Crippen LogP contribution in [0.5, 0.6) is 5.75 Å². The second kappa shape index (κ2) is 7.16. The molecular weight excluding hydrogens is 341 g/mol. The molecule has 7 nitrogen and oxygen atoms in total. The van der Waals surface area contributed by atoms with Crippen LogP contribution in [0.2, 0.25) is 0 Å². The minimum Gasteiger partial charge on any atom is -0.494 e. The van der Waals surface area contributed by atoms with Gasteiger partial charge >= 0.3 is 5.97 Å². The van der Waals surface area contributed by atoms with Crippen molar-refractivity contribution >= 4 is 21.7 Å². The van der Waals surface area contributed by atoms with Gasteiger partial charge in [-0.05, 0) is 31.5 Å². The molecule has 1 amide bonds. The normalized spacial score (nSPS) is 20.2. The standard InChI is InChI=1S/C15H18FNO6S/c1-9(14(18)17-11-5-6-24(20,21)8-11)23-15(19)10-3-4-13(22-2)12(16)7-10/h3-4,7,9,11H,5-6,8H2,1-2H3,(H,17,18)/t9-,11+/m1/s1. The molecule has 1 fully saturated rings. The summed E-state index contributed by atoms with van der Waals surface area (Å²) in [7, 11) is -1.82. The van der Waals surface area contributed by atoms with E-state index in [1.54, 1.807) is 0 Å². The number of rotatable bonds is 5. The maximum atomic E-state index is 13.6. The van der Waals surface area contributed by atoms with E-state index in [0.29, 0.717) is 6.42 Å². The van der Waals surface area contributed by atoms with Crippen molar-refractivity contribution in [3.05, 3.63) is 29.6 Å². The number of nitrogens with one attached hydrogen (secondary N) is 1. The van der Waals surface area contributed by atoms with Crippen molar-refractivity contribution < 1.29 is 31.9 Å². The third-order valence-corrected chi connectivity index (χ3v) is 5.39. The summed E-state index contributed by atoms with van der Waals surface area (Å²) in [6.07, 6.45) is -0.802. The molecule has 0 bridgehead atoms. The second-order valence-electron chi connectivity index (χ2n) is 5.51. The van der Waals surface area contributed by atoms with E-state index in [1.165, 1.54) is 26.2 Å². The summed E-state index contributed by atoms with van der Waals surface area (Å²) in [5.74, 6) is -2.29. The van der Waals surface area contributed by atoms with Crippen molar-refractivity contribution in [2.24, 2.45) is 0 Å². The molecule has 0 saturated carbocycles. The van der Waals surface area contributed by atoms with Crippen molar-refractivity contribution in [1.29, 1.82) is 0 Å². The van der Waals surface area contributed by atoms with Gasteiger partial charge in [-0.25, -0.2) is 17.6 Å². The van der Waals surface area contributed by atoms with Gasteiger partial charge in [0.2, 0.25) is 0 Å². The Morgan fingerprint density at radius 3 is 2.62 bits per heavy atom. The number of amides is 1. The molecule has 0 unspecified atom stereocenters. The summed E-state index contributed by atoms with van der Waals surface area (Å²) in [6.45, 7) is 1.36. The summed E-state index contributed by atoms with van der Waals surface area (Å²) in [4.78, 5) is 23.9. The predicted molar refractivity (Wildman–Crippen MR) is 83.0 cm³/mol. The minimum absolute atomic E-state index is 0.0141. The van der Waals surface area contributed by atoms with Crippen LogP contribution in [0, 0.1) is 5.82 Å².